The average Bonchev–Trinajstić information content (AvgIpc) is 3.31. The van der Waals surface area contributed by atoms with E-state index in [0.29, 0.717) is 36.4 Å². The Balaban J connectivity index is 1.60. The number of allylic oxidation sites excluding steroid dienone is 1. The van der Waals surface area contributed by atoms with Gasteiger partial charge in [0.25, 0.3) is 0 Å². The van der Waals surface area contributed by atoms with Crippen molar-refractivity contribution in [3.8, 4) is 17.2 Å². The molecule has 0 saturated heterocycles. The molecule has 0 unspecified atom stereocenters. The van der Waals surface area contributed by atoms with E-state index in [1.54, 1.807) is 7.11 Å². The van der Waals surface area contributed by atoms with E-state index in [-0.39, 0.29) is 5.78 Å². The molecule has 1 aromatic heterocycles. The molecule has 0 amide bonds. The van der Waals surface area contributed by atoms with Crippen LogP contribution in [0.15, 0.2) is 36.2 Å². The van der Waals surface area contributed by atoms with Gasteiger partial charge in [0, 0.05) is 41.8 Å². The largest absolute Gasteiger partial charge is 0.497 e. The van der Waals surface area contributed by atoms with Crippen LogP contribution in [-0.2, 0) is 13.1 Å². The number of carbonyl (C=O) groups excluding carboxylic acids is 1. The molecule has 2 aromatic carbocycles. The lowest BCUT2D eigenvalue weighted by Gasteiger charge is -2.32. The third kappa shape index (κ3) is 3.17. The van der Waals surface area contributed by atoms with E-state index in [9.17, 15) is 4.79 Å². The Hall–Kier alpha value is -3.25. The molecule has 0 atom stereocenters. The van der Waals surface area contributed by atoms with Gasteiger partial charge in [0.2, 0.25) is 5.78 Å². The van der Waals surface area contributed by atoms with Crippen molar-refractivity contribution in [2.45, 2.75) is 46.8 Å². The maximum atomic E-state index is 13.4. The van der Waals surface area contributed by atoms with Gasteiger partial charge in [0.1, 0.15) is 24.0 Å². The highest BCUT2D eigenvalue weighted by Crippen LogP contribution is 2.44. The quantitative estimate of drug-likeness (QED) is 0.534. The number of ether oxygens (including phenoxy) is 3. The zero-order valence-corrected chi connectivity index (χ0v) is 19.2. The summed E-state index contributed by atoms with van der Waals surface area (Å²) in [7, 11) is 1.66. The number of hydrogen-bond donors (Lipinski definition) is 0. The van der Waals surface area contributed by atoms with Gasteiger partial charge in [0.05, 0.1) is 18.2 Å². The SMILES string of the molecule is CCn1cc(/C=C2\Oc3c4c(cc(C)c3C2=O)OCN(C(C)C)C4)c2cc(OC)ccc21. The number of carbonyl (C=O) groups is 1. The molecule has 0 N–H and O–H groups in total. The molecule has 5 rings (SSSR count). The molecule has 0 radical (unpaired) electrons. The first kappa shape index (κ1) is 20.6. The molecule has 0 spiro atoms. The van der Waals surface area contributed by atoms with Crippen molar-refractivity contribution in [3.63, 3.8) is 0 Å². The number of aromatic nitrogens is 1. The second kappa shape index (κ2) is 7.71. The molecule has 0 bridgehead atoms. The Morgan fingerprint density at radius 3 is 2.78 bits per heavy atom. The first-order chi connectivity index (χ1) is 15.4. The predicted octanol–water partition coefficient (Wildman–Crippen LogP) is 5.15. The summed E-state index contributed by atoms with van der Waals surface area (Å²) in [6.07, 6.45) is 3.91. The number of benzene rings is 2. The van der Waals surface area contributed by atoms with E-state index in [4.69, 9.17) is 14.2 Å². The molecule has 32 heavy (non-hydrogen) atoms. The van der Waals surface area contributed by atoms with Crippen LogP contribution in [0.3, 0.4) is 0 Å². The number of ketones is 1. The van der Waals surface area contributed by atoms with Gasteiger partial charge in [-0.1, -0.05) is 0 Å². The monoisotopic (exact) mass is 432 g/mol. The van der Waals surface area contributed by atoms with Crippen LogP contribution in [0.4, 0.5) is 0 Å². The van der Waals surface area contributed by atoms with Crippen molar-refractivity contribution in [2.24, 2.45) is 0 Å². The number of rotatable bonds is 4. The lowest BCUT2D eigenvalue weighted by Crippen LogP contribution is -2.37. The highest BCUT2D eigenvalue weighted by atomic mass is 16.5. The molecule has 3 aromatic rings. The third-order valence-electron chi connectivity index (χ3n) is 6.43. The molecule has 6 nitrogen and oxygen atoms in total. The number of methoxy groups -OCH3 is 1. The van der Waals surface area contributed by atoms with Crippen LogP contribution in [0.5, 0.6) is 17.2 Å². The highest BCUT2D eigenvalue weighted by Gasteiger charge is 2.36. The molecule has 166 valence electrons. The van der Waals surface area contributed by atoms with E-state index in [0.717, 1.165) is 45.6 Å². The zero-order valence-electron chi connectivity index (χ0n) is 19.2. The molecule has 0 fully saturated rings. The van der Waals surface area contributed by atoms with Crippen LogP contribution in [-0.4, -0.2) is 35.1 Å². The molecular formula is C26H28N2O4. The van der Waals surface area contributed by atoms with Gasteiger partial charge in [-0.25, -0.2) is 0 Å². The molecule has 2 aliphatic rings. The fourth-order valence-corrected chi connectivity index (χ4v) is 4.53. The molecule has 6 heteroatoms. The maximum absolute atomic E-state index is 13.4. The fraction of sp³-hybridized carbons (Fsp3) is 0.346. The van der Waals surface area contributed by atoms with E-state index in [1.165, 1.54) is 0 Å². The summed E-state index contributed by atoms with van der Waals surface area (Å²) in [6, 6.07) is 8.30. The second-order valence-corrected chi connectivity index (χ2v) is 8.68. The summed E-state index contributed by atoms with van der Waals surface area (Å²) in [5.41, 5.74) is 4.49. The van der Waals surface area contributed by atoms with Crippen molar-refractivity contribution >= 4 is 22.8 Å². The minimum atomic E-state index is -0.0812. The first-order valence-corrected chi connectivity index (χ1v) is 11.1. The number of hydrogen-bond acceptors (Lipinski definition) is 5. The molecular weight excluding hydrogens is 404 g/mol. The van der Waals surface area contributed by atoms with Crippen LogP contribution in [0, 0.1) is 6.92 Å². The van der Waals surface area contributed by atoms with Gasteiger partial charge in [-0.05, 0) is 63.6 Å². The topological polar surface area (TPSA) is 52.9 Å². The van der Waals surface area contributed by atoms with Crippen LogP contribution >= 0.6 is 0 Å². The maximum Gasteiger partial charge on any atom is 0.232 e. The van der Waals surface area contributed by atoms with Gasteiger partial charge >= 0.3 is 0 Å². The van der Waals surface area contributed by atoms with Gasteiger partial charge in [-0.2, -0.15) is 0 Å². The smallest absolute Gasteiger partial charge is 0.232 e. The minimum absolute atomic E-state index is 0.0812. The van der Waals surface area contributed by atoms with E-state index in [2.05, 4.69) is 36.4 Å². The van der Waals surface area contributed by atoms with Gasteiger partial charge in [0.15, 0.2) is 5.76 Å². The van der Waals surface area contributed by atoms with Crippen LogP contribution in [0.1, 0.15) is 47.8 Å². The van der Waals surface area contributed by atoms with E-state index < -0.39 is 0 Å². The molecule has 3 heterocycles. The fourth-order valence-electron chi connectivity index (χ4n) is 4.53. The highest BCUT2D eigenvalue weighted by molar-refractivity contribution is 6.16. The first-order valence-electron chi connectivity index (χ1n) is 11.1. The summed E-state index contributed by atoms with van der Waals surface area (Å²) < 4.78 is 19.8. The summed E-state index contributed by atoms with van der Waals surface area (Å²) >= 11 is 0. The van der Waals surface area contributed by atoms with Crippen molar-refractivity contribution in [1.29, 1.82) is 0 Å². The third-order valence-corrected chi connectivity index (χ3v) is 6.43. The van der Waals surface area contributed by atoms with Crippen molar-refractivity contribution < 1.29 is 19.0 Å². The Morgan fingerprint density at radius 1 is 1.25 bits per heavy atom. The van der Waals surface area contributed by atoms with Crippen LogP contribution in [0.25, 0.3) is 17.0 Å². The van der Waals surface area contributed by atoms with Crippen molar-refractivity contribution in [2.75, 3.05) is 13.8 Å². The summed E-state index contributed by atoms with van der Waals surface area (Å²) in [4.78, 5) is 15.6. The van der Waals surface area contributed by atoms with Gasteiger partial charge in [-0.15, -0.1) is 0 Å². The Kier molecular flexibility index (Phi) is 4.97. The van der Waals surface area contributed by atoms with Crippen molar-refractivity contribution in [1.82, 2.24) is 9.47 Å². The minimum Gasteiger partial charge on any atom is -0.497 e. The second-order valence-electron chi connectivity index (χ2n) is 8.68. The number of fused-ring (bicyclic) bond motifs is 4. The van der Waals surface area contributed by atoms with Gasteiger partial charge < -0.3 is 18.8 Å². The zero-order chi connectivity index (χ0) is 22.6. The molecule has 0 aliphatic carbocycles. The summed E-state index contributed by atoms with van der Waals surface area (Å²) in [6.45, 7) is 10.4. The van der Waals surface area contributed by atoms with E-state index >= 15 is 0 Å². The summed E-state index contributed by atoms with van der Waals surface area (Å²) in [5, 5.41) is 1.03. The standard InChI is InChI=1S/C26H28N2O4/c1-6-27-12-17(19-11-18(30-5)7-8-21(19)27)10-23-25(29)24-16(4)9-22-20(26(24)32-23)13-28(14-31-22)15(2)3/h7-12,15H,6,13-14H2,1-5H3/b23-10-. The van der Waals surface area contributed by atoms with Gasteiger partial charge in [-0.3, -0.25) is 9.69 Å². The van der Waals surface area contributed by atoms with Crippen molar-refractivity contribution in [3.05, 3.63) is 58.5 Å². The molecule has 0 saturated carbocycles. The van der Waals surface area contributed by atoms with Crippen LogP contribution in [0.2, 0.25) is 0 Å². The summed E-state index contributed by atoms with van der Waals surface area (Å²) in [5.74, 6) is 2.49. The number of aryl methyl sites for hydroxylation is 2. The van der Waals surface area contributed by atoms with Crippen LogP contribution < -0.4 is 14.2 Å². The normalized spacial score (nSPS) is 16.9. The molecule has 2 aliphatic heterocycles. The number of Topliss-reactive ketones (excluding diaryl/α,β-unsaturated/α-hetero) is 1. The Morgan fingerprint density at radius 2 is 2.06 bits per heavy atom. The number of nitrogens with zero attached hydrogens (tertiary/aromatic N) is 2. The predicted molar refractivity (Wildman–Crippen MR) is 124 cm³/mol. The lowest BCUT2D eigenvalue weighted by molar-refractivity contribution is 0.0673. The average molecular weight is 433 g/mol. The Bertz CT molecular complexity index is 1270. The lowest BCUT2D eigenvalue weighted by atomic mass is 9.98. The Labute approximate surface area is 188 Å². The van der Waals surface area contributed by atoms with E-state index in [1.807, 2.05) is 37.3 Å².